The van der Waals surface area contributed by atoms with Gasteiger partial charge in [-0.05, 0) is 103 Å². The van der Waals surface area contributed by atoms with Gasteiger partial charge in [-0.1, -0.05) is 189 Å². The highest BCUT2D eigenvalue weighted by Crippen LogP contribution is 2.13. The predicted octanol–water partition coefficient (Wildman–Crippen LogP) is 16.2. The quantitative estimate of drug-likeness (QED) is 0.0200. The second kappa shape index (κ2) is 49.0. The number of unbranched alkanes of at least 4 members (excludes halogenated alkanes) is 17. The monoisotopic (exact) mass is 847 g/mol. The molecule has 0 rings (SSSR count). The molecule has 61 heavy (non-hydrogen) atoms. The Morgan fingerprint density at radius 1 is 0.361 bits per heavy atom. The van der Waals surface area contributed by atoms with E-state index >= 15 is 0 Å². The smallest absolute Gasteiger partial charge is 0.306 e. The zero-order valence-electron chi connectivity index (χ0n) is 39.4. The summed E-state index contributed by atoms with van der Waals surface area (Å²) in [4.78, 5) is 37.9. The van der Waals surface area contributed by atoms with Gasteiger partial charge in [0.05, 0.1) is 0 Å². The minimum Gasteiger partial charge on any atom is -0.462 e. The first-order valence-electron chi connectivity index (χ1n) is 24.8. The molecule has 6 nitrogen and oxygen atoms in total. The van der Waals surface area contributed by atoms with E-state index in [-0.39, 0.29) is 37.5 Å². The normalized spacial score (nSPS) is 12.9. The highest BCUT2D eigenvalue weighted by Gasteiger charge is 2.19. The maximum absolute atomic E-state index is 12.8. The molecule has 0 aromatic carbocycles. The van der Waals surface area contributed by atoms with E-state index in [2.05, 4.69) is 118 Å². The number of hydrogen-bond acceptors (Lipinski definition) is 6. The van der Waals surface area contributed by atoms with Crippen molar-refractivity contribution in [3.8, 4) is 0 Å². The standard InChI is InChI=1S/C55H90O6/c1-4-7-10-13-16-19-22-24-26-27-29-30-33-36-39-42-45-48-54(57)60-51-52(50-59-53(56)47-44-41-38-35-32-21-18-15-12-9-6-3)61-55(58)49-46-43-40-37-34-31-28-25-23-20-17-14-11-8-5-2/h7,10,15-16,18-21,23-24,26,29-30,32,36,39,52H,4-6,8-9,11-14,17,22,25,27-28,31,33-35,37-38,40-51H2,1-3H3/b10-7-,18-15-,19-16-,23-20-,26-24-,30-29-,32-21-,39-36-. The van der Waals surface area contributed by atoms with Crippen LogP contribution in [-0.2, 0) is 28.6 Å². The summed E-state index contributed by atoms with van der Waals surface area (Å²) in [6.07, 6.45) is 63.9. The van der Waals surface area contributed by atoms with E-state index < -0.39 is 6.10 Å². The fourth-order valence-corrected chi connectivity index (χ4v) is 6.33. The van der Waals surface area contributed by atoms with Crippen molar-refractivity contribution in [2.75, 3.05) is 13.2 Å². The van der Waals surface area contributed by atoms with Crippen LogP contribution in [0, 0.1) is 0 Å². The minimum absolute atomic E-state index is 0.112. The summed E-state index contributed by atoms with van der Waals surface area (Å²) in [7, 11) is 0. The van der Waals surface area contributed by atoms with Gasteiger partial charge in [-0.25, -0.2) is 0 Å². The van der Waals surface area contributed by atoms with Crippen LogP contribution in [0.1, 0.15) is 213 Å². The molecule has 1 unspecified atom stereocenters. The van der Waals surface area contributed by atoms with Gasteiger partial charge in [-0.15, -0.1) is 0 Å². The first kappa shape index (κ1) is 57.3. The summed E-state index contributed by atoms with van der Waals surface area (Å²) >= 11 is 0. The molecular formula is C55H90O6. The molecule has 1 atom stereocenters. The summed E-state index contributed by atoms with van der Waals surface area (Å²) in [6.45, 7) is 6.36. The van der Waals surface area contributed by atoms with Gasteiger partial charge in [-0.3, -0.25) is 14.4 Å². The molecule has 0 fully saturated rings. The molecule has 0 radical (unpaired) electrons. The highest BCUT2D eigenvalue weighted by atomic mass is 16.6. The number of ether oxygens (including phenoxy) is 3. The van der Waals surface area contributed by atoms with E-state index in [1.807, 2.05) is 0 Å². The SMILES string of the molecule is CC/C=C\C/C=C\C/C=C\C/C=C\C/C=C\CCCC(=O)OCC(COC(=O)CCCCC/C=C\C=C/CCCC)OC(=O)CCCCCCCCC/C=C\CCCCCC. The zero-order valence-corrected chi connectivity index (χ0v) is 39.4. The van der Waals surface area contributed by atoms with Crippen LogP contribution < -0.4 is 0 Å². The van der Waals surface area contributed by atoms with Gasteiger partial charge in [0.25, 0.3) is 0 Å². The van der Waals surface area contributed by atoms with E-state index in [0.717, 1.165) is 89.9 Å². The largest absolute Gasteiger partial charge is 0.462 e. The van der Waals surface area contributed by atoms with E-state index in [1.165, 1.54) is 77.0 Å². The van der Waals surface area contributed by atoms with Crippen molar-refractivity contribution in [1.29, 1.82) is 0 Å². The number of carbonyl (C=O) groups excluding carboxylic acids is 3. The second-order valence-corrected chi connectivity index (χ2v) is 16.0. The predicted molar refractivity (Wildman–Crippen MR) is 260 cm³/mol. The van der Waals surface area contributed by atoms with Crippen LogP contribution >= 0.6 is 0 Å². The number of carbonyl (C=O) groups is 3. The van der Waals surface area contributed by atoms with Crippen LogP contribution in [0.25, 0.3) is 0 Å². The van der Waals surface area contributed by atoms with Crippen molar-refractivity contribution in [2.24, 2.45) is 0 Å². The molecule has 346 valence electrons. The van der Waals surface area contributed by atoms with Gasteiger partial charge < -0.3 is 14.2 Å². The summed E-state index contributed by atoms with van der Waals surface area (Å²) in [6, 6.07) is 0. The van der Waals surface area contributed by atoms with Crippen molar-refractivity contribution in [1.82, 2.24) is 0 Å². The third-order valence-electron chi connectivity index (χ3n) is 10.1. The number of esters is 3. The zero-order chi connectivity index (χ0) is 44.4. The number of rotatable bonds is 43. The lowest BCUT2D eigenvalue weighted by Crippen LogP contribution is -2.30. The van der Waals surface area contributed by atoms with Crippen molar-refractivity contribution >= 4 is 17.9 Å². The van der Waals surface area contributed by atoms with Gasteiger partial charge >= 0.3 is 17.9 Å². The molecule has 0 aromatic heterocycles. The molecule has 0 aliphatic heterocycles. The van der Waals surface area contributed by atoms with Crippen molar-refractivity contribution in [3.05, 3.63) is 97.2 Å². The molecule has 0 heterocycles. The maximum Gasteiger partial charge on any atom is 0.306 e. The van der Waals surface area contributed by atoms with Crippen LogP contribution in [0.4, 0.5) is 0 Å². The first-order chi connectivity index (χ1) is 30.0. The molecule has 6 heteroatoms. The van der Waals surface area contributed by atoms with E-state index in [0.29, 0.717) is 19.3 Å². The molecule has 0 aromatic rings. The maximum atomic E-state index is 12.8. The summed E-state index contributed by atoms with van der Waals surface area (Å²) in [5, 5.41) is 0. The minimum atomic E-state index is -0.813. The fourth-order valence-electron chi connectivity index (χ4n) is 6.33. The highest BCUT2D eigenvalue weighted by molar-refractivity contribution is 5.71. The third-order valence-corrected chi connectivity index (χ3v) is 10.1. The Balaban J connectivity index is 4.51. The van der Waals surface area contributed by atoms with Crippen LogP contribution in [0.3, 0.4) is 0 Å². The van der Waals surface area contributed by atoms with Gasteiger partial charge in [0.15, 0.2) is 6.10 Å². The van der Waals surface area contributed by atoms with Crippen LogP contribution in [-0.4, -0.2) is 37.2 Å². The Morgan fingerprint density at radius 3 is 1.25 bits per heavy atom. The lowest BCUT2D eigenvalue weighted by molar-refractivity contribution is -0.167. The molecule has 0 N–H and O–H groups in total. The molecule has 0 spiro atoms. The van der Waals surface area contributed by atoms with Gasteiger partial charge in [0.1, 0.15) is 13.2 Å². The van der Waals surface area contributed by atoms with Gasteiger partial charge in [-0.2, -0.15) is 0 Å². The Morgan fingerprint density at radius 2 is 0.721 bits per heavy atom. The summed E-state index contributed by atoms with van der Waals surface area (Å²) < 4.78 is 16.7. The van der Waals surface area contributed by atoms with Crippen LogP contribution in [0.5, 0.6) is 0 Å². The number of hydrogen-bond donors (Lipinski definition) is 0. The van der Waals surface area contributed by atoms with Crippen molar-refractivity contribution in [3.63, 3.8) is 0 Å². The molecule has 0 saturated carbocycles. The van der Waals surface area contributed by atoms with Crippen molar-refractivity contribution in [2.45, 2.75) is 219 Å². The van der Waals surface area contributed by atoms with E-state index in [9.17, 15) is 14.4 Å². The lowest BCUT2D eigenvalue weighted by Gasteiger charge is -2.18. The third kappa shape index (κ3) is 47.2. The van der Waals surface area contributed by atoms with Gasteiger partial charge in [0.2, 0.25) is 0 Å². The molecule has 0 saturated heterocycles. The molecule has 0 bridgehead atoms. The van der Waals surface area contributed by atoms with E-state index in [4.69, 9.17) is 14.2 Å². The first-order valence-corrected chi connectivity index (χ1v) is 24.8. The van der Waals surface area contributed by atoms with Crippen molar-refractivity contribution < 1.29 is 28.6 Å². The Labute approximate surface area is 375 Å². The lowest BCUT2D eigenvalue weighted by atomic mass is 10.1. The molecule has 0 amide bonds. The summed E-state index contributed by atoms with van der Waals surface area (Å²) in [5.41, 5.74) is 0. The fraction of sp³-hybridized carbons (Fsp3) is 0.655. The Kier molecular flexibility index (Phi) is 46.0. The Hall–Kier alpha value is -3.67. The van der Waals surface area contributed by atoms with Crippen LogP contribution in [0.2, 0.25) is 0 Å². The van der Waals surface area contributed by atoms with E-state index in [1.54, 1.807) is 0 Å². The topological polar surface area (TPSA) is 78.9 Å². The second-order valence-electron chi connectivity index (χ2n) is 16.0. The molecule has 0 aliphatic rings. The summed E-state index contributed by atoms with van der Waals surface area (Å²) in [5.74, 6) is -1.01. The molecule has 0 aliphatic carbocycles. The number of allylic oxidation sites excluding steroid dienone is 16. The molecular weight excluding hydrogens is 757 g/mol. The van der Waals surface area contributed by atoms with Gasteiger partial charge in [0, 0.05) is 19.3 Å². The van der Waals surface area contributed by atoms with Crippen LogP contribution in [0.15, 0.2) is 97.2 Å². The average molecular weight is 847 g/mol. The Bertz CT molecular complexity index is 1250. The average Bonchev–Trinajstić information content (AvgIpc) is 3.26.